The fourth-order valence-electron chi connectivity index (χ4n) is 4.82. The van der Waals surface area contributed by atoms with E-state index in [0.29, 0.717) is 17.6 Å². The first-order chi connectivity index (χ1) is 17.6. The number of hydrogen-bond donors (Lipinski definition) is 0. The number of nitriles is 1. The molecule has 6 rings (SSSR count). The monoisotopic (exact) mass is 496 g/mol. The smallest absolute Gasteiger partial charge is 0.291 e. The summed E-state index contributed by atoms with van der Waals surface area (Å²) in [5.41, 5.74) is 2.84. The second-order valence-corrected chi connectivity index (χ2v) is 10.1. The van der Waals surface area contributed by atoms with E-state index in [-0.39, 0.29) is 11.8 Å². The van der Waals surface area contributed by atoms with E-state index in [0.717, 1.165) is 57.6 Å². The molecule has 0 spiro atoms. The van der Waals surface area contributed by atoms with E-state index in [1.165, 1.54) is 4.68 Å². The maximum Gasteiger partial charge on any atom is 0.291 e. The van der Waals surface area contributed by atoms with Gasteiger partial charge in [0.2, 0.25) is 0 Å². The maximum absolute atomic E-state index is 13.4. The minimum absolute atomic E-state index is 0.0178. The van der Waals surface area contributed by atoms with Crippen molar-refractivity contribution in [2.45, 2.75) is 42.0 Å². The van der Waals surface area contributed by atoms with Crippen molar-refractivity contribution in [3.05, 3.63) is 82.4 Å². The lowest BCUT2D eigenvalue weighted by atomic mass is 10.1. The summed E-state index contributed by atoms with van der Waals surface area (Å²) in [6.45, 7) is 1.09. The van der Waals surface area contributed by atoms with Gasteiger partial charge in [-0.2, -0.15) is 15.5 Å². The molecule has 8 nitrogen and oxygen atoms in total. The van der Waals surface area contributed by atoms with Crippen molar-refractivity contribution < 1.29 is 4.74 Å². The van der Waals surface area contributed by atoms with E-state index in [1.807, 2.05) is 46.8 Å². The molecule has 180 valence electrons. The quantitative estimate of drug-likeness (QED) is 0.345. The minimum Gasteiger partial charge on any atom is -0.357 e. The molecule has 1 aliphatic rings. The van der Waals surface area contributed by atoms with E-state index in [4.69, 9.17) is 15.1 Å². The van der Waals surface area contributed by atoms with Gasteiger partial charge in [-0.25, -0.2) is 9.36 Å². The maximum atomic E-state index is 13.4. The van der Waals surface area contributed by atoms with E-state index < -0.39 is 0 Å². The van der Waals surface area contributed by atoms with Gasteiger partial charge in [0.1, 0.15) is 16.8 Å². The van der Waals surface area contributed by atoms with E-state index in [1.54, 1.807) is 30.1 Å². The van der Waals surface area contributed by atoms with Crippen molar-refractivity contribution in [3.8, 4) is 6.07 Å². The summed E-state index contributed by atoms with van der Waals surface area (Å²) in [5.74, 6) is 0. The summed E-state index contributed by atoms with van der Waals surface area (Å²) in [4.78, 5) is 14.4. The van der Waals surface area contributed by atoms with Crippen LogP contribution < -0.4 is 5.56 Å². The van der Waals surface area contributed by atoms with Crippen molar-refractivity contribution in [1.29, 1.82) is 5.26 Å². The molecule has 5 aromatic rings. The van der Waals surface area contributed by atoms with Gasteiger partial charge in [-0.05, 0) is 61.2 Å². The Morgan fingerprint density at radius 3 is 2.92 bits per heavy atom. The van der Waals surface area contributed by atoms with Crippen molar-refractivity contribution in [2.75, 3.05) is 6.61 Å². The minimum atomic E-state index is -0.158. The third kappa shape index (κ3) is 4.08. The number of rotatable bonds is 5. The number of ether oxygens (including phenoxy) is 1. The van der Waals surface area contributed by atoms with Crippen LogP contribution in [0.15, 0.2) is 75.6 Å². The summed E-state index contributed by atoms with van der Waals surface area (Å²) in [5, 5.41) is 21.1. The van der Waals surface area contributed by atoms with Crippen LogP contribution in [0.25, 0.3) is 21.8 Å². The molecule has 3 aromatic heterocycles. The van der Waals surface area contributed by atoms with Gasteiger partial charge in [0.15, 0.2) is 0 Å². The summed E-state index contributed by atoms with van der Waals surface area (Å²) >= 11 is 1.59. The largest absolute Gasteiger partial charge is 0.357 e. The predicted octanol–water partition coefficient (Wildman–Crippen LogP) is 4.85. The lowest BCUT2D eigenvalue weighted by Crippen LogP contribution is -2.24. The molecule has 1 atom stereocenters. The van der Waals surface area contributed by atoms with Crippen LogP contribution in [0.2, 0.25) is 0 Å². The Kier molecular flexibility index (Phi) is 5.83. The summed E-state index contributed by atoms with van der Waals surface area (Å²) in [7, 11) is 1.91. The Hall–Kier alpha value is -3.87. The molecule has 1 unspecified atom stereocenters. The van der Waals surface area contributed by atoms with E-state index in [9.17, 15) is 4.79 Å². The first-order valence-corrected chi connectivity index (χ1v) is 12.7. The molecule has 2 aromatic carbocycles. The van der Waals surface area contributed by atoms with Crippen molar-refractivity contribution in [1.82, 2.24) is 24.1 Å². The average molecular weight is 497 g/mol. The van der Waals surface area contributed by atoms with E-state index >= 15 is 0 Å². The van der Waals surface area contributed by atoms with Gasteiger partial charge in [0, 0.05) is 41.0 Å². The van der Waals surface area contributed by atoms with Gasteiger partial charge in [-0.15, -0.1) is 0 Å². The Morgan fingerprint density at radius 1 is 1.17 bits per heavy atom. The Bertz CT molecular complexity index is 1690. The fourth-order valence-corrected chi connectivity index (χ4v) is 5.64. The zero-order valence-corrected chi connectivity index (χ0v) is 20.6. The van der Waals surface area contributed by atoms with Crippen molar-refractivity contribution >= 4 is 33.6 Å². The van der Waals surface area contributed by atoms with Crippen molar-refractivity contribution in [2.24, 2.45) is 7.05 Å². The highest BCUT2D eigenvalue weighted by atomic mass is 32.2. The molecule has 4 heterocycles. The van der Waals surface area contributed by atoms with Crippen LogP contribution in [0.1, 0.15) is 36.6 Å². The molecule has 0 N–H and O–H groups in total. The lowest BCUT2D eigenvalue weighted by molar-refractivity contribution is -0.0400. The molecule has 0 amide bonds. The van der Waals surface area contributed by atoms with Crippen molar-refractivity contribution in [3.63, 3.8) is 0 Å². The van der Waals surface area contributed by atoms with Crippen LogP contribution in [0.3, 0.4) is 0 Å². The number of fused-ring (bicyclic) bond motifs is 3. The van der Waals surface area contributed by atoms with Crippen LogP contribution in [0, 0.1) is 11.3 Å². The lowest BCUT2D eigenvalue weighted by Gasteiger charge is -2.22. The van der Waals surface area contributed by atoms with Crippen LogP contribution >= 0.6 is 11.8 Å². The van der Waals surface area contributed by atoms with Crippen LogP contribution in [-0.2, 0) is 18.3 Å². The normalized spacial score (nSPS) is 15.9. The first kappa shape index (κ1) is 22.6. The standard InChI is InChI=1S/C27H24N6O2S/c1-31-23-9-8-20(36-24-10-11-32(30-24)25-7-2-3-12-35-25)14-21(23)22-16-29-33(27(34)26(22)31)17-19-6-4-5-18(13-19)15-28/h4-6,8-11,13-14,16,25H,2-3,7,12,17H2,1H3. The zero-order valence-electron chi connectivity index (χ0n) is 19.8. The second kappa shape index (κ2) is 9.30. The van der Waals surface area contributed by atoms with Gasteiger partial charge < -0.3 is 9.30 Å². The van der Waals surface area contributed by atoms with Crippen LogP contribution in [0.5, 0.6) is 0 Å². The van der Waals surface area contributed by atoms with Gasteiger partial charge >= 0.3 is 0 Å². The number of aryl methyl sites for hydroxylation is 1. The molecular weight excluding hydrogens is 472 g/mol. The third-order valence-corrected chi connectivity index (χ3v) is 7.54. The SMILES string of the molecule is Cn1c2ccc(Sc3ccn(C4CCCCO4)n3)cc2c2cnn(Cc3cccc(C#N)c3)c(=O)c21. The number of benzene rings is 2. The Morgan fingerprint density at radius 2 is 2.08 bits per heavy atom. The Balaban J connectivity index is 1.32. The highest BCUT2D eigenvalue weighted by Gasteiger charge is 2.18. The van der Waals surface area contributed by atoms with Gasteiger partial charge in [-0.3, -0.25) is 4.79 Å². The van der Waals surface area contributed by atoms with Gasteiger partial charge in [0.25, 0.3) is 5.56 Å². The highest BCUT2D eigenvalue weighted by molar-refractivity contribution is 7.99. The molecule has 0 aliphatic carbocycles. The average Bonchev–Trinajstić information content (AvgIpc) is 3.49. The molecule has 0 bridgehead atoms. The van der Waals surface area contributed by atoms with Crippen LogP contribution in [0.4, 0.5) is 0 Å². The van der Waals surface area contributed by atoms with Gasteiger partial charge in [-0.1, -0.05) is 23.9 Å². The first-order valence-electron chi connectivity index (χ1n) is 11.9. The summed E-state index contributed by atoms with van der Waals surface area (Å²) in [6, 6.07) is 17.6. The molecule has 36 heavy (non-hydrogen) atoms. The van der Waals surface area contributed by atoms with Gasteiger partial charge in [0.05, 0.1) is 24.4 Å². The molecule has 1 saturated heterocycles. The molecule has 9 heteroatoms. The van der Waals surface area contributed by atoms with E-state index in [2.05, 4.69) is 23.3 Å². The highest BCUT2D eigenvalue weighted by Crippen LogP contribution is 2.33. The third-order valence-electron chi connectivity index (χ3n) is 6.62. The molecule has 0 saturated carbocycles. The summed E-state index contributed by atoms with van der Waals surface area (Å²) in [6.07, 6.45) is 7.02. The molecule has 1 fully saturated rings. The number of aromatic nitrogens is 5. The zero-order chi connectivity index (χ0) is 24.6. The van der Waals surface area contributed by atoms with Crippen LogP contribution in [-0.4, -0.2) is 30.7 Å². The fraction of sp³-hybridized carbons (Fsp3) is 0.259. The molecule has 1 aliphatic heterocycles. The molecular formula is C27H24N6O2S. The molecule has 0 radical (unpaired) electrons. The second-order valence-electron chi connectivity index (χ2n) is 8.98. The predicted molar refractivity (Wildman–Crippen MR) is 138 cm³/mol. The number of nitrogens with zero attached hydrogens (tertiary/aromatic N) is 6. The summed E-state index contributed by atoms with van der Waals surface area (Å²) < 4.78 is 11.1. The Labute approximate surface area is 211 Å². The number of hydrogen-bond acceptors (Lipinski definition) is 6. The topological polar surface area (TPSA) is 90.7 Å².